The molecule has 1 aromatic carbocycles. The highest BCUT2D eigenvalue weighted by Crippen LogP contribution is 2.37. The van der Waals surface area contributed by atoms with Crippen molar-refractivity contribution in [2.45, 2.75) is 26.7 Å². The van der Waals surface area contributed by atoms with Gasteiger partial charge < -0.3 is 19.7 Å². The van der Waals surface area contributed by atoms with Crippen LogP contribution >= 0.6 is 11.6 Å². The number of rotatable bonds is 8. The second-order valence-corrected chi connectivity index (χ2v) is 6.19. The van der Waals surface area contributed by atoms with Crippen LogP contribution in [-0.2, 0) is 0 Å². The fourth-order valence-electron chi connectivity index (χ4n) is 2.38. The lowest BCUT2D eigenvalue weighted by molar-refractivity contribution is 0.405. The second-order valence-electron chi connectivity index (χ2n) is 5.78. The van der Waals surface area contributed by atoms with Crippen LogP contribution < -0.4 is 19.7 Å². The Hall–Kier alpha value is -2.21. The van der Waals surface area contributed by atoms with E-state index in [1.165, 1.54) is 0 Å². The molecule has 1 heterocycles. The van der Waals surface area contributed by atoms with Crippen LogP contribution in [0.5, 0.6) is 11.5 Å². The van der Waals surface area contributed by atoms with Crippen molar-refractivity contribution in [1.82, 2.24) is 9.97 Å². The third-order valence-corrected chi connectivity index (χ3v) is 4.06. The lowest BCUT2D eigenvalue weighted by Crippen LogP contribution is -2.21. The molecule has 0 bridgehead atoms. The fraction of sp³-hybridized carbons (Fsp3) is 0.444. The normalized spacial score (nSPS) is 10.5. The van der Waals surface area contributed by atoms with Crippen molar-refractivity contribution < 1.29 is 9.47 Å². The summed E-state index contributed by atoms with van der Waals surface area (Å²) in [5.74, 6) is 2.56. The van der Waals surface area contributed by atoms with Gasteiger partial charge in [-0.1, -0.05) is 24.9 Å². The average Bonchev–Trinajstić information content (AvgIpc) is 2.60. The highest BCUT2D eigenvalue weighted by Gasteiger charge is 2.12. The Kier molecular flexibility index (Phi) is 6.70. The molecule has 136 valence electrons. The summed E-state index contributed by atoms with van der Waals surface area (Å²) in [6.45, 7) is 5.03. The molecule has 7 heteroatoms. The number of aromatic nitrogens is 2. The second kappa shape index (κ2) is 8.76. The zero-order chi connectivity index (χ0) is 18.4. The Labute approximate surface area is 154 Å². The van der Waals surface area contributed by atoms with Gasteiger partial charge >= 0.3 is 0 Å². The minimum absolute atomic E-state index is 0.490. The van der Waals surface area contributed by atoms with Gasteiger partial charge in [-0.05, 0) is 13.3 Å². The Bertz CT molecular complexity index is 724. The van der Waals surface area contributed by atoms with E-state index in [-0.39, 0.29) is 0 Å². The predicted octanol–water partition coefficient (Wildman–Crippen LogP) is 4.44. The van der Waals surface area contributed by atoms with Gasteiger partial charge in [-0.2, -0.15) is 4.98 Å². The molecule has 0 aliphatic heterocycles. The number of hydrogen-bond donors (Lipinski definition) is 1. The minimum atomic E-state index is 0.490. The van der Waals surface area contributed by atoms with Gasteiger partial charge in [-0.3, -0.25) is 0 Å². The highest BCUT2D eigenvalue weighted by atomic mass is 35.5. The van der Waals surface area contributed by atoms with Gasteiger partial charge in [0.1, 0.15) is 17.3 Å². The van der Waals surface area contributed by atoms with E-state index in [0.29, 0.717) is 28.3 Å². The molecule has 0 radical (unpaired) electrons. The van der Waals surface area contributed by atoms with Crippen molar-refractivity contribution in [2.75, 3.05) is 38.0 Å². The summed E-state index contributed by atoms with van der Waals surface area (Å²) < 4.78 is 10.7. The summed E-state index contributed by atoms with van der Waals surface area (Å²) in [5.41, 5.74) is 1.61. The molecule has 0 fully saturated rings. The molecular formula is C18H25ClN4O2. The third-order valence-electron chi connectivity index (χ3n) is 3.77. The summed E-state index contributed by atoms with van der Waals surface area (Å²) in [6, 6.07) is 5.39. The molecule has 0 saturated heterocycles. The quantitative estimate of drug-likeness (QED) is 0.747. The molecule has 0 unspecified atom stereocenters. The van der Waals surface area contributed by atoms with Crippen LogP contribution in [0.4, 0.5) is 17.5 Å². The summed E-state index contributed by atoms with van der Waals surface area (Å²) in [4.78, 5) is 11.2. The number of anilines is 3. The number of aryl methyl sites for hydroxylation is 1. The fourth-order valence-corrected chi connectivity index (χ4v) is 2.61. The molecule has 0 atom stereocenters. The monoisotopic (exact) mass is 364 g/mol. The number of halogens is 1. The first-order valence-electron chi connectivity index (χ1n) is 8.23. The Morgan fingerprint density at radius 3 is 2.48 bits per heavy atom. The van der Waals surface area contributed by atoms with Gasteiger partial charge in [0.15, 0.2) is 0 Å². The van der Waals surface area contributed by atoms with E-state index in [1.807, 2.05) is 20.0 Å². The van der Waals surface area contributed by atoms with E-state index in [0.717, 1.165) is 30.8 Å². The third kappa shape index (κ3) is 4.89. The maximum Gasteiger partial charge on any atom is 0.227 e. The summed E-state index contributed by atoms with van der Waals surface area (Å²) >= 11 is 6.16. The highest BCUT2D eigenvalue weighted by molar-refractivity contribution is 6.32. The number of methoxy groups -OCH3 is 2. The number of unbranched alkanes of at least 4 members (excludes halogenated alkanes) is 1. The molecule has 0 aliphatic carbocycles. The SMILES string of the molecule is CCCCN(C)c1nc(C)cc(Nc2cc(OC)c(Cl)cc2OC)n1. The maximum atomic E-state index is 6.16. The van der Waals surface area contributed by atoms with Crippen molar-refractivity contribution in [3.63, 3.8) is 0 Å². The van der Waals surface area contributed by atoms with Crippen LogP contribution in [0.1, 0.15) is 25.5 Å². The molecule has 0 spiro atoms. The van der Waals surface area contributed by atoms with Crippen LogP contribution in [0.3, 0.4) is 0 Å². The smallest absolute Gasteiger partial charge is 0.227 e. The number of nitrogens with zero attached hydrogens (tertiary/aromatic N) is 3. The Morgan fingerprint density at radius 1 is 1.12 bits per heavy atom. The van der Waals surface area contributed by atoms with Crippen LogP contribution in [0.25, 0.3) is 0 Å². The Balaban J connectivity index is 2.32. The minimum Gasteiger partial charge on any atom is -0.495 e. The van der Waals surface area contributed by atoms with E-state index < -0.39 is 0 Å². The zero-order valence-electron chi connectivity index (χ0n) is 15.4. The standard InChI is InChI=1S/C18H25ClN4O2/c1-6-7-8-23(3)18-20-12(2)9-17(22-18)21-14-11-15(24-4)13(19)10-16(14)25-5/h9-11H,6-8H2,1-5H3,(H,20,21,22). The molecule has 1 aromatic heterocycles. The van der Waals surface area contributed by atoms with Gasteiger partial charge in [0.25, 0.3) is 0 Å². The van der Waals surface area contributed by atoms with Crippen molar-refractivity contribution in [1.29, 1.82) is 0 Å². The van der Waals surface area contributed by atoms with E-state index in [2.05, 4.69) is 27.1 Å². The van der Waals surface area contributed by atoms with Crippen molar-refractivity contribution in [2.24, 2.45) is 0 Å². The van der Waals surface area contributed by atoms with Gasteiger partial charge in [-0.25, -0.2) is 4.98 Å². The van der Waals surface area contributed by atoms with Crippen LogP contribution in [0.15, 0.2) is 18.2 Å². The van der Waals surface area contributed by atoms with Crippen molar-refractivity contribution in [3.05, 3.63) is 28.9 Å². The average molecular weight is 365 g/mol. The van der Waals surface area contributed by atoms with Gasteiger partial charge in [0.2, 0.25) is 5.95 Å². The molecule has 0 amide bonds. The van der Waals surface area contributed by atoms with Gasteiger partial charge in [0.05, 0.1) is 24.9 Å². The largest absolute Gasteiger partial charge is 0.495 e. The molecule has 1 N–H and O–H groups in total. The molecule has 0 saturated carbocycles. The van der Waals surface area contributed by atoms with E-state index in [4.69, 9.17) is 21.1 Å². The number of ether oxygens (including phenoxy) is 2. The Morgan fingerprint density at radius 2 is 1.84 bits per heavy atom. The number of hydrogen-bond acceptors (Lipinski definition) is 6. The number of nitrogens with one attached hydrogen (secondary N) is 1. The lowest BCUT2D eigenvalue weighted by Gasteiger charge is -2.19. The van der Waals surface area contributed by atoms with Gasteiger partial charge in [-0.15, -0.1) is 0 Å². The lowest BCUT2D eigenvalue weighted by atomic mass is 10.2. The van der Waals surface area contributed by atoms with E-state index in [9.17, 15) is 0 Å². The first-order chi connectivity index (χ1) is 12.0. The van der Waals surface area contributed by atoms with E-state index >= 15 is 0 Å². The maximum absolute atomic E-state index is 6.16. The van der Waals surface area contributed by atoms with Crippen molar-refractivity contribution in [3.8, 4) is 11.5 Å². The number of benzene rings is 1. The van der Waals surface area contributed by atoms with Crippen LogP contribution in [0.2, 0.25) is 5.02 Å². The van der Waals surface area contributed by atoms with Crippen LogP contribution in [0, 0.1) is 6.92 Å². The predicted molar refractivity (Wildman–Crippen MR) is 103 cm³/mol. The molecule has 6 nitrogen and oxygen atoms in total. The van der Waals surface area contributed by atoms with Crippen LogP contribution in [-0.4, -0.2) is 37.8 Å². The summed E-state index contributed by atoms with van der Waals surface area (Å²) in [7, 11) is 5.17. The van der Waals surface area contributed by atoms with Gasteiger partial charge in [0, 0.05) is 37.5 Å². The first-order valence-corrected chi connectivity index (χ1v) is 8.61. The molecular weight excluding hydrogens is 340 g/mol. The molecule has 25 heavy (non-hydrogen) atoms. The molecule has 2 rings (SSSR count). The zero-order valence-corrected chi connectivity index (χ0v) is 16.1. The van der Waals surface area contributed by atoms with E-state index in [1.54, 1.807) is 26.4 Å². The van der Waals surface area contributed by atoms with Crippen molar-refractivity contribution >= 4 is 29.1 Å². The molecule has 0 aliphatic rings. The topological polar surface area (TPSA) is 59.5 Å². The summed E-state index contributed by atoms with van der Waals surface area (Å²) in [5, 5.41) is 3.77. The molecule has 2 aromatic rings. The summed E-state index contributed by atoms with van der Waals surface area (Å²) in [6.07, 6.45) is 2.22. The first kappa shape index (κ1) is 19.1.